The number of aliphatic carboxylic acids is 1. The summed E-state index contributed by atoms with van der Waals surface area (Å²) in [5.74, 6) is -1.21. The first-order valence-corrected chi connectivity index (χ1v) is 3.69. The molecule has 0 fully saturated rings. The van der Waals surface area contributed by atoms with E-state index in [1.807, 2.05) is 0 Å². The van der Waals surface area contributed by atoms with Crippen molar-refractivity contribution >= 4 is 11.8 Å². The number of carbonyl (C=O) groups excluding carboxylic acids is 1. The average molecular weight is 174 g/mol. The number of rotatable bonds is 5. The number of carbonyl (C=O) groups is 2. The molecule has 0 bridgehead atoms. The Morgan fingerprint density at radius 3 is 2.00 bits per heavy atom. The van der Waals surface area contributed by atoms with Gasteiger partial charge in [-0.15, -0.1) is 0 Å². The summed E-state index contributed by atoms with van der Waals surface area (Å²) < 4.78 is 0. The Bertz CT molecular complexity index is 161. The molecule has 12 heavy (non-hydrogen) atoms. The molecular formula is C7H14N2O3. The van der Waals surface area contributed by atoms with Crippen molar-refractivity contribution in [2.75, 3.05) is 0 Å². The number of carboxylic acid groups (broad SMARTS) is 1. The summed E-state index contributed by atoms with van der Waals surface area (Å²) in [6.07, 6.45) is 0.554. The molecule has 0 aliphatic carbocycles. The van der Waals surface area contributed by atoms with E-state index in [2.05, 4.69) is 0 Å². The van der Waals surface area contributed by atoms with Crippen molar-refractivity contribution in [1.82, 2.24) is 0 Å². The Balaban J connectivity index is 3.68. The quantitative estimate of drug-likeness (QED) is 0.500. The van der Waals surface area contributed by atoms with Crippen LogP contribution in [0.15, 0.2) is 0 Å². The second-order valence-corrected chi connectivity index (χ2v) is 2.74. The molecule has 0 aliphatic heterocycles. The molecule has 0 spiro atoms. The zero-order chi connectivity index (χ0) is 9.72. The Hall–Kier alpha value is -0.940. The summed E-state index contributed by atoms with van der Waals surface area (Å²) in [7, 11) is 0. The van der Waals surface area contributed by atoms with Gasteiger partial charge in [0.15, 0.2) is 0 Å². The van der Waals surface area contributed by atoms with E-state index >= 15 is 0 Å². The molecule has 0 aromatic heterocycles. The predicted molar refractivity (Wildman–Crippen MR) is 43.5 cm³/mol. The highest BCUT2D eigenvalue weighted by atomic mass is 16.4. The SMILES string of the molecule is CC(=O)C(N)CC[C@@H](N)C(=O)O. The normalized spacial score (nSPS) is 15.2. The van der Waals surface area contributed by atoms with Crippen LogP contribution in [0.2, 0.25) is 0 Å². The Kier molecular flexibility index (Phi) is 4.46. The second kappa shape index (κ2) is 4.84. The zero-order valence-electron chi connectivity index (χ0n) is 6.99. The number of ketones is 1. The van der Waals surface area contributed by atoms with E-state index in [1.165, 1.54) is 6.92 Å². The molecule has 5 N–H and O–H groups in total. The van der Waals surface area contributed by atoms with E-state index in [0.717, 1.165) is 0 Å². The lowest BCUT2D eigenvalue weighted by atomic mass is 10.1. The van der Waals surface area contributed by atoms with Crippen molar-refractivity contribution in [2.24, 2.45) is 11.5 Å². The third kappa shape index (κ3) is 4.05. The largest absolute Gasteiger partial charge is 0.480 e. The molecule has 5 nitrogen and oxygen atoms in total. The molecule has 0 rings (SSSR count). The summed E-state index contributed by atoms with van der Waals surface area (Å²) in [4.78, 5) is 20.8. The van der Waals surface area contributed by atoms with Crippen LogP contribution < -0.4 is 11.5 Å². The number of hydrogen-bond donors (Lipinski definition) is 3. The van der Waals surface area contributed by atoms with E-state index in [4.69, 9.17) is 16.6 Å². The summed E-state index contributed by atoms with van der Waals surface area (Å²) in [6, 6.07) is -1.51. The van der Waals surface area contributed by atoms with Crippen molar-refractivity contribution in [3.05, 3.63) is 0 Å². The second-order valence-electron chi connectivity index (χ2n) is 2.74. The van der Waals surface area contributed by atoms with Crippen LogP contribution >= 0.6 is 0 Å². The number of hydrogen-bond acceptors (Lipinski definition) is 4. The van der Waals surface area contributed by atoms with E-state index in [1.54, 1.807) is 0 Å². The van der Waals surface area contributed by atoms with E-state index < -0.39 is 18.1 Å². The van der Waals surface area contributed by atoms with Gasteiger partial charge in [0.1, 0.15) is 11.8 Å². The lowest BCUT2D eigenvalue weighted by molar-refractivity contribution is -0.138. The molecule has 0 saturated carbocycles. The lowest BCUT2D eigenvalue weighted by Crippen LogP contribution is -2.35. The molecule has 0 radical (unpaired) electrons. The number of Topliss-reactive ketones (excluding diaryl/α,β-unsaturated/α-hetero) is 1. The number of nitrogens with two attached hydrogens (primary N) is 2. The standard InChI is InChI=1S/C7H14N2O3/c1-4(10)5(8)2-3-6(9)7(11)12/h5-6H,2-3,8-9H2,1H3,(H,11,12)/t5?,6-/m1/s1. The van der Waals surface area contributed by atoms with Crippen LogP contribution in [0.25, 0.3) is 0 Å². The lowest BCUT2D eigenvalue weighted by Gasteiger charge is -2.09. The number of carboxylic acids is 1. The molecule has 1 unspecified atom stereocenters. The van der Waals surface area contributed by atoms with Gasteiger partial charge in [-0.2, -0.15) is 0 Å². The van der Waals surface area contributed by atoms with Gasteiger partial charge in [0.25, 0.3) is 0 Å². The highest BCUT2D eigenvalue weighted by Crippen LogP contribution is 1.99. The van der Waals surface area contributed by atoms with Crippen molar-refractivity contribution in [3.8, 4) is 0 Å². The van der Waals surface area contributed by atoms with Crippen LogP contribution in [0.3, 0.4) is 0 Å². The van der Waals surface area contributed by atoms with Crippen molar-refractivity contribution in [2.45, 2.75) is 31.8 Å². The fourth-order valence-corrected chi connectivity index (χ4v) is 0.686. The first-order chi connectivity index (χ1) is 5.45. The monoisotopic (exact) mass is 174 g/mol. The highest BCUT2D eigenvalue weighted by Gasteiger charge is 2.15. The van der Waals surface area contributed by atoms with Gasteiger partial charge in [-0.25, -0.2) is 0 Å². The maximum Gasteiger partial charge on any atom is 0.320 e. The summed E-state index contributed by atoms with van der Waals surface area (Å²) in [5, 5.41) is 8.38. The maximum atomic E-state index is 10.6. The summed E-state index contributed by atoms with van der Waals surface area (Å²) >= 11 is 0. The average Bonchev–Trinajstić information content (AvgIpc) is 1.98. The zero-order valence-corrected chi connectivity index (χ0v) is 6.99. The Labute approximate surface area is 70.7 Å². The van der Waals surface area contributed by atoms with E-state index in [9.17, 15) is 9.59 Å². The van der Waals surface area contributed by atoms with Crippen LogP contribution in [0.5, 0.6) is 0 Å². The van der Waals surface area contributed by atoms with Gasteiger partial charge in [-0.3, -0.25) is 9.59 Å². The van der Waals surface area contributed by atoms with Crippen LogP contribution in [0.4, 0.5) is 0 Å². The Morgan fingerprint density at radius 1 is 1.25 bits per heavy atom. The van der Waals surface area contributed by atoms with Crippen molar-refractivity contribution in [1.29, 1.82) is 0 Å². The first kappa shape index (κ1) is 11.1. The Morgan fingerprint density at radius 2 is 1.67 bits per heavy atom. The van der Waals surface area contributed by atoms with Crippen molar-refractivity contribution < 1.29 is 14.7 Å². The van der Waals surface area contributed by atoms with Gasteiger partial charge in [-0.05, 0) is 19.8 Å². The van der Waals surface area contributed by atoms with Crippen LogP contribution in [0, 0.1) is 0 Å². The molecule has 0 heterocycles. The topological polar surface area (TPSA) is 106 Å². The smallest absolute Gasteiger partial charge is 0.320 e. The van der Waals surface area contributed by atoms with Crippen LogP contribution in [0.1, 0.15) is 19.8 Å². The molecule has 0 aliphatic rings. The van der Waals surface area contributed by atoms with Gasteiger partial charge < -0.3 is 16.6 Å². The molecule has 5 heteroatoms. The van der Waals surface area contributed by atoms with E-state index in [-0.39, 0.29) is 12.2 Å². The first-order valence-electron chi connectivity index (χ1n) is 3.69. The third-order valence-electron chi connectivity index (χ3n) is 1.63. The summed E-state index contributed by atoms with van der Waals surface area (Å²) in [5.41, 5.74) is 10.6. The van der Waals surface area contributed by atoms with E-state index in [0.29, 0.717) is 6.42 Å². The minimum Gasteiger partial charge on any atom is -0.480 e. The molecule has 2 atom stereocenters. The minimum atomic E-state index is -1.06. The van der Waals surface area contributed by atoms with Crippen LogP contribution in [-0.4, -0.2) is 28.9 Å². The van der Waals surface area contributed by atoms with Gasteiger partial charge in [-0.1, -0.05) is 0 Å². The van der Waals surface area contributed by atoms with Gasteiger partial charge in [0.05, 0.1) is 6.04 Å². The van der Waals surface area contributed by atoms with Gasteiger partial charge >= 0.3 is 5.97 Å². The molecule has 0 amide bonds. The molecule has 0 aromatic carbocycles. The molecule has 0 saturated heterocycles. The molecule has 70 valence electrons. The fraction of sp³-hybridized carbons (Fsp3) is 0.714. The summed E-state index contributed by atoms with van der Waals surface area (Å²) in [6.45, 7) is 1.37. The van der Waals surface area contributed by atoms with Crippen LogP contribution in [-0.2, 0) is 9.59 Å². The maximum absolute atomic E-state index is 10.6. The third-order valence-corrected chi connectivity index (χ3v) is 1.63. The van der Waals surface area contributed by atoms with Crippen molar-refractivity contribution in [3.63, 3.8) is 0 Å². The van der Waals surface area contributed by atoms with Gasteiger partial charge in [0, 0.05) is 0 Å². The minimum absolute atomic E-state index is 0.146. The fourth-order valence-electron chi connectivity index (χ4n) is 0.686. The molecular weight excluding hydrogens is 160 g/mol. The predicted octanol–water partition coefficient (Wildman–Crippen LogP) is -0.905. The highest BCUT2D eigenvalue weighted by molar-refractivity contribution is 5.81. The van der Waals surface area contributed by atoms with Gasteiger partial charge in [0.2, 0.25) is 0 Å². The molecule has 0 aromatic rings.